The van der Waals surface area contributed by atoms with E-state index in [-0.39, 0.29) is 17.8 Å². The quantitative estimate of drug-likeness (QED) is 0.733. The molecule has 0 spiro atoms. The summed E-state index contributed by atoms with van der Waals surface area (Å²) in [6.45, 7) is 1.12. The number of hydrogen-bond acceptors (Lipinski definition) is 3. The van der Waals surface area contributed by atoms with Gasteiger partial charge in [-0.25, -0.2) is 9.37 Å². The van der Waals surface area contributed by atoms with Crippen LogP contribution in [0.15, 0.2) is 60.7 Å². The average Bonchev–Trinajstić information content (AvgIpc) is 3.10. The Kier molecular flexibility index (Phi) is 4.06. The summed E-state index contributed by atoms with van der Waals surface area (Å²) in [4.78, 5) is 18.7. The van der Waals surface area contributed by atoms with E-state index in [1.807, 2.05) is 36.4 Å². The molecule has 0 aliphatic carbocycles. The number of carbonyl (C=O) groups excluding carboxylic acids is 1. The monoisotopic (exact) mass is 336 g/mol. The van der Waals surface area contributed by atoms with Crippen molar-refractivity contribution in [3.63, 3.8) is 0 Å². The van der Waals surface area contributed by atoms with Crippen molar-refractivity contribution in [2.24, 2.45) is 0 Å². The number of carbonyl (C=O) groups is 1. The SMILES string of the molecule is O=C(c1ccc(F)cc1)N1CCC(Oc2ccc3ccccc3n2)C1. The predicted octanol–water partition coefficient (Wildman–Crippen LogP) is 3.67. The van der Waals surface area contributed by atoms with E-state index in [0.717, 1.165) is 17.3 Å². The number of halogens is 1. The number of para-hydroxylation sites is 1. The van der Waals surface area contributed by atoms with Gasteiger partial charge in [0.2, 0.25) is 5.88 Å². The maximum absolute atomic E-state index is 13.0. The molecule has 1 fully saturated rings. The molecule has 0 radical (unpaired) electrons. The topological polar surface area (TPSA) is 42.4 Å². The maximum Gasteiger partial charge on any atom is 0.253 e. The fourth-order valence-electron chi connectivity index (χ4n) is 3.07. The standard InChI is InChI=1S/C20H17FN2O2/c21-16-8-5-15(6-9-16)20(24)23-12-11-17(13-23)25-19-10-7-14-3-1-2-4-18(14)22-19/h1-10,17H,11-13H2. The third-order valence-corrected chi connectivity index (χ3v) is 4.38. The molecule has 2 heterocycles. The van der Waals surface area contributed by atoms with Crippen LogP contribution in [0.4, 0.5) is 4.39 Å². The molecular formula is C20H17FN2O2. The number of amides is 1. The Morgan fingerprint density at radius 3 is 2.72 bits per heavy atom. The number of likely N-dealkylation sites (tertiary alicyclic amines) is 1. The average molecular weight is 336 g/mol. The lowest BCUT2D eigenvalue weighted by atomic mass is 10.2. The van der Waals surface area contributed by atoms with Crippen LogP contribution >= 0.6 is 0 Å². The minimum absolute atomic E-state index is 0.0851. The van der Waals surface area contributed by atoms with E-state index < -0.39 is 0 Å². The Bertz CT molecular complexity index is 911. The highest BCUT2D eigenvalue weighted by Crippen LogP contribution is 2.21. The van der Waals surface area contributed by atoms with Crippen LogP contribution in [0, 0.1) is 5.82 Å². The highest BCUT2D eigenvalue weighted by molar-refractivity contribution is 5.94. The van der Waals surface area contributed by atoms with E-state index in [4.69, 9.17) is 4.74 Å². The van der Waals surface area contributed by atoms with Crippen LogP contribution < -0.4 is 4.74 Å². The summed E-state index contributed by atoms with van der Waals surface area (Å²) in [6, 6.07) is 17.3. The van der Waals surface area contributed by atoms with E-state index in [1.54, 1.807) is 4.90 Å². The summed E-state index contributed by atoms with van der Waals surface area (Å²) in [7, 11) is 0. The predicted molar refractivity (Wildman–Crippen MR) is 93.1 cm³/mol. The number of rotatable bonds is 3. The minimum Gasteiger partial charge on any atom is -0.472 e. The molecule has 126 valence electrons. The van der Waals surface area contributed by atoms with Crippen LogP contribution in [0.25, 0.3) is 10.9 Å². The van der Waals surface area contributed by atoms with Gasteiger partial charge in [-0.05, 0) is 36.4 Å². The fraction of sp³-hybridized carbons (Fsp3) is 0.200. The molecule has 1 unspecified atom stereocenters. The van der Waals surface area contributed by atoms with Crippen molar-refractivity contribution in [2.75, 3.05) is 13.1 Å². The Labute approximate surface area is 144 Å². The highest BCUT2D eigenvalue weighted by Gasteiger charge is 2.28. The number of hydrogen-bond donors (Lipinski definition) is 0. The second kappa shape index (κ2) is 6.51. The normalized spacial score (nSPS) is 17.0. The lowest BCUT2D eigenvalue weighted by molar-refractivity contribution is 0.0771. The molecule has 5 heteroatoms. The Balaban J connectivity index is 1.43. The van der Waals surface area contributed by atoms with Gasteiger partial charge in [-0.15, -0.1) is 0 Å². The Morgan fingerprint density at radius 1 is 1.08 bits per heavy atom. The van der Waals surface area contributed by atoms with Gasteiger partial charge in [-0.2, -0.15) is 0 Å². The molecule has 1 atom stereocenters. The van der Waals surface area contributed by atoms with Crippen molar-refractivity contribution in [3.05, 3.63) is 72.0 Å². The zero-order chi connectivity index (χ0) is 17.2. The molecule has 1 saturated heterocycles. The van der Waals surface area contributed by atoms with Gasteiger partial charge in [0.05, 0.1) is 12.1 Å². The molecule has 1 aliphatic heterocycles. The van der Waals surface area contributed by atoms with Gasteiger partial charge < -0.3 is 9.64 Å². The van der Waals surface area contributed by atoms with Crippen LogP contribution in [-0.4, -0.2) is 35.0 Å². The molecule has 1 aliphatic rings. The first-order valence-electron chi connectivity index (χ1n) is 8.26. The van der Waals surface area contributed by atoms with E-state index in [0.29, 0.717) is 24.5 Å². The largest absolute Gasteiger partial charge is 0.472 e. The smallest absolute Gasteiger partial charge is 0.253 e. The summed E-state index contributed by atoms with van der Waals surface area (Å²) in [6.07, 6.45) is 0.666. The summed E-state index contributed by atoms with van der Waals surface area (Å²) in [5.74, 6) is 0.124. The molecule has 25 heavy (non-hydrogen) atoms. The summed E-state index contributed by atoms with van der Waals surface area (Å²) >= 11 is 0. The molecule has 0 saturated carbocycles. The third-order valence-electron chi connectivity index (χ3n) is 4.38. The van der Waals surface area contributed by atoms with E-state index in [9.17, 15) is 9.18 Å². The van der Waals surface area contributed by atoms with Crippen LogP contribution in [-0.2, 0) is 0 Å². The van der Waals surface area contributed by atoms with Gasteiger partial charge in [-0.3, -0.25) is 4.79 Å². The van der Waals surface area contributed by atoms with Crippen LogP contribution in [0.2, 0.25) is 0 Å². The van der Waals surface area contributed by atoms with Crippen LogP contribution in [0.3, 0.4) is 0 Å². The zero-order valence-corrected chi connectivity index (χ0v) is 13.6. The lowest BCUT2D eigenvalue weighted by Gasteiger charge is -2.17. The first-order valence-corrected chi connectivity index (χ1v) is 8.26. The van der Waals surface area contributed by atoms with Gasteiger partial charge in [0.15, 0.2) is 0 Å². The summed E-state index contributed by atoms with van der Waals surface area (Å²) in [5.41, 5.74) is 1.38. The van der Waals surface area contributed by atoms with Crippen LogP contribution in [0.5, 0.6) is 5.88 Å². The first-order chi connectivity index (χ1) is 12.2. The fourth-order valence-corrected chi connectivity index (χ4v) is 3.07. The summed E-state index contributed by atoms with van der Waals surface area (Å²) in [5, 5.41) is 1.06. The number of aromatic nitrogens is 1. The van der Waals surface area contributed by atoms with Gasteiger partial charge in [0.25, 0.3) is 5.91 Å². The van der Waals surface area contributed by atoms with Crippen molar-refractivity contribution in [3.8, 4) is 5.88 Å². The molecule has 2 aromatic carbocycles. The number of pyridine rings is 1. The molecule has 1 aromatic heterocycles. The molecule has 4 nitrogen and oxygen atoms in total. The first kappa shape index (κ1) is 15.6. The number of nitrogens with zero attached hydrogens (tertiary/aromatic N) is 2. The Morgan fingerprint density at radius 2 is 1.88 bits per heavy atom. The molecule has 0 bridgehead atoms. The number of ether oxygens (including phenoxy) is 1. The van der Waals surface area contributed by atoms with Crippen molar-refractivity contribution in [2.45, 2.75) is 12.5 Å². The lowest BCUT2D eigenvalue weighted by Crippen LogP contribution is -2.31. The molecule has 0 N–H and O–H groups in total. The highest BCUT2D eigenvalue weighted by atomic mass is 19.1. The zero-order valence-electron chi connectivity index (χ0n) is 13.6. The second-order valence-electron chi connectivity index (χ2n) is 6.13. The van der Waals surface area contributed by atoms with Crippen molar-refractivity contribution in [1.82, 2.24) is 9.88 Å². The van der Waals surface area contributed by atoms with Gasteiger partial charge in [0, 0.05) is 30.0 Å². The molecule has 1 amide bonds. The van der Waals surface area contributed by atoms with Crippen molar-refractivity contribution < 1.29 is 13.9 Å². The molecular weight excluding hydrogens is 319 g/mol. The second-order valence-corrected chi connectivity index (χ2v) is 6.13. The van der Waals surface area contributed by atoms with Crippen LogP contribution in [0.1, 0.15) is 16.8 Å². The molecule has 4 rings (SSSR count). The van der Waals surface area contributed by atoms with E-state index >= 15 is 0 Å². The minimum atomic E-state index is -0.346. The molecule has 3 aromatic rings. The summed E-state index contributed by atoms with van der Waals surface area (Å²) < 4.78 is 18.9. The maximum atomic E-state index is 13.0. The van der Waals surface area contributed by atoms with E-state index in [1.165, 1.54) is 24.3 Å². The Hall–Kier alpha value is -2.95. The number of benzene rings is 2. The van der Waals surface area contributed by atoms with Gasteiger partial charge in [0.1, 0.15) is 11.9 Å². The number of fused-ring (bicyclic) bond motifs is 1. The third kappa shape index (κ3) is 3.31. The van der Waals surface area contributed by atoms with Crippen molar-refractivity contribution >= 4 is 16.8 Å². The van der Waals surface area contributed by atoms with E-state index in [2.05, 4.69) is 4.98 Å². The van der Waals surface area contributed by atoms with Gasteiger partial charge in [-0.1, -0.05) is 18.2 Å². The van der Waals surface area contributed by atoms with Crippen molar-refractivity contribution in [1.29, 1.82) is 0 Å². The van der Waals surface area contributed by atoms with Gasteiger partial charge >= 0.3 is 0 Å².